The molecule has 1 aromatic rings. The van der Waals surface area contributed by atoms with Crippen molar-refractivity contribution >= 4 is 17.4 Å². The van der Waals surface area contributed by atoms with Gasteiger partial charge in [-0.2, -0.15) is 0 Å². The number of pyridine rings is 1. The number of nitrogens with zero attached hydrogens (tertiary/aromatic N) is 2. The summed E-state index contributed by atoms with van der Waals surface area (Å²) >= 11 is 0. The van der Waals surface area contributed by atoms with Crippen molar-refractivity contribution < 1.29 is 4.79 Å². The maximum atomic E-state index is 11.5. The molecule has 2 unspecified atom stereocenters. The minimum absolute atomic E-state index is 0.339. The zero-order chi connectivity index (χ0) is 15.0. The van der Waals surface area contributed by atoms with Crippen LogP contribution in [0.2, 0.25) is 0 Å². The van der Waals surface area contributed by atoms with Crippen molar-refractivity contribution in [2.75, 3.05) is 18.1 Å². The van der Waals surface area contributed by atoms with Gasteiger partial charge in [-0.05, 0) is 38.8 Å². The molecule has 6 nitrogen and oxygen atoms in total. The lowest BCUT2D eigenvalue weighted by Crippen LogP contribution is -2.53. The summed E-state index contributed by atoms with van der Waals surface area (Å²) in [5.74, 6) is 0.0646. The normalized spacial score (nSPS) is 29.1. The van der Waals surface area contributed by atoms with Crippen LogP contribution in [0.1, 0.15) is 42.5 Å². The fraction of sp³-hybridized carbons (Fsp3) is 0.600. The van der Waals surface area contributed by atoms with Crippen molar-refractivity contribution in [3.05, 3.63) is 17.8 Å². The Balaban J connectivity index is 1.77. The van der Waals surface area contributed by atoms with Crippen LogP contribution in [0.4, 0.5) is 11.5 Å². The number of aromatic nitrogens is 1. The third-order valence-corrected chi connectivity index (χ3v) is 4.85. The number of carbonyl (C=O) groups is 1. The molecule has 0 saturated carbocycles. The van der Waals surface area contributed by atoms with E-state index < -0.39 is 5.91 Å². The van der Waals surface area contributed by atoms with E-state index >= 15 is 0 Å². The van der Waals surface area contributed by atoms with Crippen LogP contribution in [0.3, 0.4) is 0 Å². The Morgan fingerprint density at radius 2 is 2.05 bits per heavy atom. The number of amides is 1. The average Bonchev–Trinajstić information content (AvgIpc) is 2.41. The molecule has 21 heavy (non-hydrogen) atoms. The van der Waals surface area contributed by atoms with Crippen LogP contribution in [0.15, 0.2) is 12.3 Å². The maximum Gasteiger partial charge on any atom is 0.252 e. The number of primary amides is 1. The highest BCUT2D eigenvalue weighted by molar-refractivity contribution is 5.98. The number of carbonyl (C=O) groups excluding carboxylic acids is 1. The summed E-state index contributed by atoms with van der Waals surface area (Å²) in [6.07, 6.45) is 7.55. The lowest BCUT2D eigenvalue weighted by molar-refractivity contribution is 0.0607. The molecule has 1 aromatic heterocycles. The van der Waals surface area contributed by atoms with Gasteiger partial charge in [0.1, 0.15) is 5.82 Å². The molecule has 1 amide bonds. The van der Waals surface area contributed by atoms with E-state index in [9.17, 15) is 4.79 Å². The second-order valence-corrected chi connectivity index (χ2v) is 6.25. The van der Waals surface area contributed by atoms with Crippen molar-refractivity contribution in [3.63, 3.8) is 0 Å². The number of nitrogens with one attached hydrogen (secondary N) is 1. The van der Waals surface area contributed by atoms with Crippen LogP contribution < -0.4 is 16.8 Å². The molecular formula is C15H23N5O. The minimum Gasteiger partial charge on any atom is -0.397 e. The Bertz CT molecular complexity index is 533. The molecule has 2 atom stereocenters. The Kier molecular flexibility index (Phi) is 3.71. The fourth-order valence-electron chi connectivity index (χ4n) is 3.71. The van der Waals surface area contributed by atoms with Gasteiger partial charge in [-0.15, -0.1) is 0 Å². The second-order valence-electron chi connectivity index (χ2n) is 6.25. The van der Waals surface area contributed by atoms with Gasteiger partial charge in [0, 0.05) is 18.1 Å². The maximum absolute atomic E-state index is 11.5. The number of rotatable bonds is 3. The van der Waals surface area contributed by atoms with E-state index in [0.717, 1.165) is 12.8 Å². The van der Waals surface area contributed by atoms with Gasteiger partial charge in [0.05, 0.1) is 17.4 Å². The van der Waals surface area contributed by atoms with Crippen LogP contribution >= 0.6 is 0 Å². The predicted octanol–water partition coefficient (Wildman–Crippen LogP) is 1.19. The highest BCUT2D eigenvalue weighted by atomic mass is 16.1. The van der Waals surface area contributed by atoms with E-state index in [0.29, 0.717) is 35.2 Å². The van der Waals surface area contributed by atoms with E-state index in [-0.39, 0.29) is 0 Å². The van der Waals surface area contributed by atoms with Crippen molar-refractivity contribution in [1.82, 2.24) is 9.88 Å². The topological polar surface area (TPSA) is 97.3 Å². The fourth-order valence-corrected chi connectivity index (χ4v) is 3.71. The molecule has 2 saturated heterocycles. The number of fused-ring (bicyclic) bond motifs is 2. The Labute approximate surface area is 124 Å². The molecule has 2 aliphatic rings. The number of nitrogens with two attached hydrogens (primary N) is 2. The number of piperidine rings is 2. The van der Waals surface area contributed by atoms with Crippen LogP contribution in [0.25, 0.3) is 0 Å². The summed E-state index contributed by atoms with van der Waals surface area (Å²) < 4.78 is 0. The third kappa shape index (κ3) is 2.81. The number of anilines is 2. The van der Waals surface area contributed by atoms with Gasteiger partial charge in [0.15, 0.2) is 0 Å². The van der Waals surface area contributed by atoms with E-state index in [1.807, 2.05) is 0 Å². The van der Waals surface area contributed by atoms with Crippen LogP contribution in [0.5, 0.6) is 0 Å². The van der Waals surface area contributed by atoms with E-state index in [1.54, 1.807) is 12.3 Å². The lowest BCUT2D eigenvalue weighted by atomic mass is 9.82. The molecular weight excluding hydrogens is 266 g/mol. The highest BCUT2D eigenvalue weighted by Crippen LogP contribution is 2.34. The first-order chi connectivity index (χ1) is 10.0. The van der Waals surface area contributed by atoms with Gasteiger partial charge in [-0.25, -0.2) is 4.98 Å². The molecule has 0 spiro atoms. The zero-order valence-electron chi connectivity index (χ0n) is 12.4. The van der Waals surface area contributed by atoms with Gasteiger partial charge in [-0.3, -0.25) is 4.79 Å². The van der Waals surface area contributed by atoms with Crippen LogP contribution in [-0.2, 0) is 0 Å². The Hall–Kier alpha value is -1.82. The average molecular weight is 289 g/mol. The zero-order valence-corrected chi connectivity index (χ0v) is 12.4. The van der Waals surface area contributed by atoms with Crippen LogP contribution in [-0.4, -0.2) is 41.0 Å². The molecule has 6 heteroatoms. The van der Waals surface area contributed by atoms with Crippen molar-refractivity contribution in [1.29, 1.82) is 0 Å². The monoisotopic (exact) mass is 289 g/mol. The summed E-state index contributed by atoms with van der Waals surface area (Å²) in [5.41, 5.74) is 11.9. The van der Waals surface area contributed by atoms with E-state index in [1.165, 1.54) is 19.3 Å². The standard InChI is InChI=1S/C15H23N5O/c1-20-11-3-2-4-12(20)7-10(6-11)19-15-13(14(17)21)5-9(16)8-18-15/h5,8,10-12H,2-4,6-7,16H2,1H3,(H2,17,21)(H,18,19). The van der Waals surface area contributed by atoms with Gasteiger partial charge in [-0.1, -0.05) is 6.42 Å². The molecule has 114 valence electrons. The van der Waals surface area contributed by atoms with Gasteiger partial charge in [0.25, 0.3) is 5.91 Å². The molecule has 0 aromatic carbocycles. The molecule has 2 fully saturated rings. The predicted molar refractivity (Wildman–Crippen MR) is 83.0 cm³/mol. The summed E-state index contributed by atoms with van der Waals surface area (Å²) in [5, 5.41) is 3.41. The summed E-state index contributed by atoms with van der Waals surface area (Å²) in [6.45, 7) is 0. The lowest BCUT2D eigenvalue weighted by Gasteiger charge is -2.47. The third-order valence-electron chi connectivity index (χ3n) is 4.85. The molecule has 3 rings (SSSR count). The minimum atomic E-state index is -0.495. The summed E-state index contributed by atoms with van der Waals surface area (Å²) in [7, 11) is 2.22. The smallest absolute Gasteiger partial charge is 0.252 e. The van der Waals surface area contributed by atoms with Crippen molar-refractivity contribution in [2.24, 2.45) is 5.73 Å². The second kappa shape index (κ2) is 5.52. The summed E-state index contributed by atoms with van der Waals surface area (Å²) in [4.78, 5) is 18.3. The number of nitrogen functional groups attached to an aromatic ring is 1. The number of hydrogen-bond donors (Lipinski definition) is 3. The molecule has 0 aliphatic carbocycles. The van der Waals surface area contributed by atoms with Crippen LogP contribution in [0, 0.1) is 0 Å². The van der Waals surface area contributed by atoms with Gasteiger partial charge >= 0.3 is 0 Å². The molecule has 2 bridgehead atoms. The van der Waals surface area contributed by atoms with E-state index in [2.05, 4.69) is 22.2 Å². The molecule has 5 N–H and O–H groups in total. The number of hydrogen-bond acceptors (Lipinski definition) is 5. The van der Waals surface area contributed by atoms with Gasteiger partial charge < -0.3 is 21.7 Å². The first-order valence-corrected chi connectivity index (χ1v) is 7.58. The van der Waals surface area contributed by atoms with Crippen molar-refractivity contribution in [3.8, 4) is 0 Å². The Morgan fingerprint density at radius 1 is 1.38 bits per heavy atom. The van der Waals surface area contributed by atoms with Crippen molar-refractivity contribution in [2.45, 2.75) is 50.2 Å². The quantitative estimate of drug-likeness (QED) is 0.776. The first-order valence-electron chi connectivity index (χ1n) is 7.58. The molecule has 3 heterocycles. The molecule has 2 aliphatic heterocycles. The SMILES string of the molecule is CN1C2CCCC1CC(Nc1ncc(N)cc1C(N)=O)C2. The Morgan fingerprint density at radius 3 is 2.67 bits per heavy atom. The highest BCUT2D eigenvalue weighted by Gasteiger charge is 2.36. The first kappa shape index (κ1) is 14.1. The molecule has 0 radical (unpaired) electrons. The summed E-state index contributed by atoms with van der Waals surface area (Å²) in [6, 6.07) is 3.18. The van der Waals surface area contributed by atoms with Gasteiger partial charge in [0.2, 0.25) is 0 Å². The van der Waals surface area contributed by atoms with E-state index in [4.69, 9.17) is 11.5 Å². The largest absolute Gasteiger partial charge is 0.397 e.